The van der Waals surface area contributed by atoms with Gasteiger partial charge < -0.3 is 10.2 Å². The van der Waals surface area contributed by atoms with Gasteiger partial charge in [0, 0.05) is 53.4 Å². The summed E-state index contributed by atoms with van der Waals surface area (Å²) in [6.45, 7) is 3.75. The van der Waals surface area contributed by atoms with E-state index in [0.29, 0.717) is 0 Å². The molecule has 6 heteroatoms. The van der Waals surface area contributed by atoms with E-state index in [0.717, 1.165) is 65.2 Å². The molecule has 5 aromatic rings. The molecule has 1 saturated heterocycles. The Kier molecular flexibility index (Phi) is 3.92. The minimum absolute atomic E-state index is 0.804. The van der Waals surface area contributed by atoms with Crippen LogP contribution in [0.3, 0.4) is 0 Å². The Morgan fingerprint density at radius 1 is 0.897 bits per heavy atom. The molecule has 0 atom stereocenters. The maximum atomic E-state index is 5.04. The first-order chi connectivity index (χ1) is 14.3. The lowest BCUT2D eigenvalue weighted by Gasteiger charge is -2.28. The number of para-hydroxylation sites is 1. The van der Waals surface area contributed by atoms with E-state index in [4.69, 9.17) is 9.97 Å². The molecule has 0 unspecified atom stereocenters. The molecule has 1 aliphatic heterocycles. The van der Waals surface area contributed by atoms with Crippen molar-refractivity contribution in [1.29, 1.82) is 0 Å². The third kappa shape index (κ3) is 2.92. The number of rotatable bonds is 2. The lowest BCUT2D eigenvalue weighted by molar-refractivity contribution is 0.581. The molecule has 0 amide bonds. The number of benzene rings is 2. The van der Waals surface area contributed by atoms with Crippen molar-refractivity contribution in [2.45, 2.75) is 0 Å². The van der Waals surface area contributed by atoms with Crippen LogP contribution in [0.25, 0.3) is 43.1 Å². The summed E-state index contributed by atoms with van der Waals surface area (Å²) in [6, 6.07) is 17.0. The van der Waals surface area contributed by atoms with Gasteiger partial charge in [0.05, 0.1) is 16.7 Å². The molecule has 0 bridgehead atoms. The van der Waals surface area contributed by atoms with Gasteiger partial charge in [-0.05, 0) is 41.1 Å². The van der Waals surface area contributed by atoms with Crippen LogP contribution in [0.4, 0.5) is 5.95 Å². The maximum absolute atomic E-state index is 5.04. The molecule has 0 spiro atoms. The largest absolute Gasteiger partial charge is 0.338 e. The first kappa shape index (κ1) is 16.8. The smallest absolute Gasteiger partial charge is 0.226 e. The zero-order chi connectivity index (χ0) is 19.2. The van der Waals surface area contributed by atoms with Crippen molar-refractivity contribution >= 4 is 49.2 Å². The molecule has 2 aromatic carbocycles. The molecule has 0 saturated carbocycles. The Balaban J connectivity index is 1.62. The van der Waals surface area contributed by atoms with Crippen molar-refractivity contribution in [3.8, 4) is 11.3 Å². The van der Waals surface area contributed by atoms with Crippen molar-refractivity contribution in [2.75, 3.05) is 31.1 Å². The molecule has 4 heterocycles. The third-order valence-corrected chi connectivity index (χ3v) is 6.40. The number of nitrogens with zero attached hydrogens (tertiary/aromatic N) is 4. The van der Waals surface area contributed by atoms with E-state index in [1.54, 1.807) is 11.3 Å². The summed E-state index contributed by atoms with van der Waals surface area (Å²) in [5.41, 5.74) is 3.97. The Morgan fingerprint density at radius 3 is 2.72 bits per heavy atom. The molecule has 5 nitrogen and oxygen atoms in total. The second-order valence-electron chi connectivity index (χ2n) is 7.35. The van der Waals surface area contributed by atoms with Gasteiger partial charge in [0.2, 0.25) is 5.95 Å². The van der Waals surface area contributed by atoms with E-state index in [-0.39, 0.29) is 0 Å². The zero-order valence-electron chi connectivity index (χ0n) is 15.8. The van der Waals surface area contributed by atoms with E-state index in [2.05, 4.69) is 50.9 Å². The highest BCUT2D eigenvalue weighted by atomic mass is 32.1. The van der Waals surface area contributed by atoms with Crippen LogP contribution in [0, 0.1) is 0 Å². The standard InChI is InChI=1S/C23H19N5S/c1-2-4-19-15(3-1)11-17(14-25-19)22-18-12-16-5-10-29-21(16)13-20(18)26-23(27-22)28-8-6-24-7-9-28/h1-5,10-14,24H,6-9H2. The first-order valence-corrected chi connectivity index (χ1v) is 10.7. The van der Waals surface area contributed by atoms with Crippen molar-refractivity contribution in [3.05, 3.63) is 60.1 Å². The maximum Gasteiger partial charge on any atom is 0.226 e. The van der Waals surface area contributed by atoms with Gasteiger partial charge in [-0.25, -0.2) is 9.97 Å². The third-order valence-electron chi connectivity index (χ3n) is 5.52. The molecule has 29 heavy (non-hydrogen) atoms. The first-order valence-electron chi connectivity index (χ1n) is 9.85. The highest BCUT2D eigenvalue weighted by molar-refractivity contribution is 7.17. The van der Waals surface area contributed by atoms with E-state index in [1.165, 1.54) is 10.1 Å². The van der Waals surface area contributed by atoms with Crippen molar-refractivity contribution < 1.29 is 0 Å². The van der Waals surface area contributed by atoms with Gasteiger partial charge in [-0.2, -0.15) is 0 Å². The van der Waals surface area contributed by atoms with Gasteiger partial charge in [0.15, 0.2) is 0 Å². The van der Waals surface area contributed by atoms with Crippen LogP contribution in [-0.4, -0.2) is 41.1 Å². The Bertz CT molecular complexity index is 1350. The summed E-state index contributed by atoms with van der Waals surface area (Å²) in [5, 5.41) is 8.96. The number of hydrogen-bond donors (Lipinski definition) is 1. The summed E-state index contributed by atoms with van der Waals surface area (Å²) in [4.78, 5) is 16.9. The van der Waals surface area contributed by atoms with E-state index >= 15 is 0 Å². The number of hydrogen-bond acceptors (Lipinski definition) is 6. The van der Waals surface area contributed by atoms with Gasteiger partial charge in [0.25, 0.3) is 0 Å². The predicted octanol–water partition coefficient (Wildman–Crippen LogP) is 4.47. The molecule has 1 fully saturated rings. The number of aromatic nitrogens is 3. The fourth-order valence-electron chi connectivity index (χ4n) is 4.00. The summed E-state index contributed by atoms with van der Waals surface area (Å²) >= 11 is 1.75. The number of anilines is 1. The summed E-state index contributed by atoms with van der Waals surface area (Å²) < 4.78 is 1.25. The van der Waals surface area contributed by atoms with E-state index < -0.39 is 0 Å². The van der Waals surface area contributed by atoms with Crippen LogP contribution in [0.5, 0.6) is 0 Å². The Hall–Kier alpha value is -3.09. The predicted molar refractivity (Wildman–Crippen MR) is 121 cm³/mol. The molecule has 142 valence electrons. The Morgan fingerprint density at radius 2 is 1.79 bits per heavy atom. The van der Waals surface area contributed by atoms with E-state index in [1.807, 2.05) is 24.4 Å². The number of nitrogens with one attached hydrogen (secondary N) is 1. The summed E-state index contributed by atoms with van der Waals surface area (Å²) in [5.74, 6) is 0.804. The normalized spacial score (nSPS) is 14.8. The number of fused-ring (bicyclic) bond motifs is 3. The van der Waals surface area contributed by atoms with Gasteiger partial charge in [-0.15, -0.1) is 11.3 Å². The second-order valence-corrected chi connectivity index (χ2v) is 8.30. The highest BCUT2D eigenvalue weighted by Gasteiger charge is 2.18. The van der Waals surface area contributed by atoms with Crippen LogP contribution >= 0.6 is 11.3 Å². The second kappa shape index (κ2) is 6.76. The lowest BCUT2D eigenvalue weighted by atomic mass is 10.0. The SMILES string of the molecule is c1ccc2ncc(-c3nc(N4CCNCC4)nc4cc5sccc5cc34)cc2c1. The van der Waals surface area contributed by atoms with Crippen LogP contribution in [0.1, 0.15) is 0 Å². The summed E-state index contributed by atoms with van der Waals surface area (Å²) in [6.07, 6.45) is 1.93. The van der Waals surface area contributed by atoms with Crippen LogP contribution < -0.4 is 10.2 Å². The highest BCUT2D eigenvalue weighted by Crippen LogP contribution is 2.34. The van der Waals surface area contributed by atoms with Gasteiger partial charge in [0.1, 0.15) is 0 Å². The van der Waals surface area contributed by atoms with Crippen molar-refractivity contribution in [3.63, 3.8) is 0 Å². The topological polar surface area (TPSA) is 53.9 Å². The molecular weight excluding hydrogens is 378 g/mol. The van der Waals surface area contributed by atoms with Gasteiger partial charge in [-0.1, -0.05) is 18.2 Å². The van der Waals surface area contributed by atoms with Gasteiger partial charge >= 0.3 is 0 Å². The van der Waals surface area contributed by atoms with Crippen molar-refractivity contribution in [1.82, 2.24) is 20.3 Å². The molecule has 0 radical (unpaired) electrons. The number of piperazine rings is 1. The monoisotopic (exact) mass is 397 g/mol. The molecule has 6 rings (SSSR count). The lowest BCUT2D eigenvalue weighted by Crippen LogP contribution is -2.44. The molecule has 1 N–H and O–H groups in total. The van der Waals surface area contributed by atoms with E-state index in [9.17, 15) is 0 Å². The zero-order valence-corrected chi connectivity index (χ0v) is 16.6. The average molecular weight is 398 g/mol. The number of pyridine rings is 1. The van der Waals surface area contributed by atoms with Gasteiger partial charge in [-0.3, -0.25) is 4.98 Å². The molecule has 0 aliphatic carbocycles. The summed E-state index contributed by atoms with van der Waals surface area (Å²) in [7, 11) is 0. The van der Waals surface area contributed by atoms with Crippen LogP contribution in [0.15, 0.2) is 60.1 Å². The minimum atomic E-state index is 0.804. The number of thiophene rings is 1. The van der Waals surface area contributed by atoms with Crippen LogP contribution in [0.2, 0.25) is 0 Å². The molecule has 1 aliphatic rings. The molecular formula is C23H19N5S. The minimum Gasteiger partial charge on any atom is -0.338 e. The fraction of sp³-hybridized carbons (Fsp3) is 0.174. The fourth-order valence-corrected chi connectivity index (χ4v) is 4.80. The van der Waals surface area contributed by atoms with Crippen molar-refractivity contribution in [2.24, 2.45) is 0 Å². The average Bonchev–Trinajstić information content (AvgIpc) is 3.24. The Labute approximate surface area is 172 Å². The van der Waals surface area contributed by atoms with Crippen LogP contribution in [-0.2, 0) is 0 Å². The quantitative estimate of drug-likeness (QED) is 0.476. The molecule has 3 aromatic heterocycles.